The van der Waals surface area contributed by atoms with E-state index >= 15 is 0 Å². The third-order valence-corrected chi connectivity index (χ3v) is 3.17. The van der Waals surface area contributed by atoms with E-state index in [1.54, 1.807) is 31.3 Å². The molecule has 0 N–H and O–H groups in total. The van der Waals surface area contributed by atoms with Crippen LogP contribution in [-0.2, 0) is 11.3 Å². The predicted molar refractivity (Wildman–Crippen MR) is 81.4 cm³/mol. The fraction of sp³-hybridized carbons (Fsp3) is 0.235. The lowest BCUT2D eigenvalue weighted by atomic mass is 10.2. The van der Waals surface area contributed by atoms with Crippen LogP contribution in [0.5, 0.6) is 11.5 Å². The highest BCUT2D eigenvalue weighted by molar-refractivity contribution is 5.77. The first-order chi connectivity index (χ1) is 10.6. The van der Waals surface area contributed by atoms with Gasteiger partial charge in [0, 0.05) is 13.6 Å². The molecule has 2 rings (SSSR count). The van der Waals surface area contributed by atoms with Gasteiger partial charge in [-0.15, -0.1) is 0 Å². The van der Waals surface area contributed by atoms with Gasteiger partial charge in [0.25, 0.3) is 5.91 Å². The molecule has 0 spiro atoms. The minimum atomic E-state index is -0.443. The minimum Gasteiger partial charge on any atom is -0.494 e. The number of amides is 1. The van der Waals surface area contributed by atoms with Crippen molar-refractivity contribution >= 4 is 5.91 Å². The van der Waals surface area contributed by atoms with Gasteiger partial charge < -0.3 is 14.4 Å². The Balaban J connectivity index is 1.89. The summed E-state index contributed by atoms with van der Waals surface area (Å²) >= 11 is 0. The molecule has 0 aliphatic rings. The van der Waals surface area contributed by atoms with Gasteiger partial charge in [0.05, 0.1) is 7.11 Å². The number of hydrogen-bond donors (Lipinski definition) is 0. The van der Waals surface area contributed by atoms with Crippen LogP contribution in [0.2, 0.25) is 0 Å². The summed E-state index contributed by atoms with van der Waals surface area (Å²) in [7, 11) is 3.06. The van der Waals surface area contributed by atoms with Gasteiger partial charge in [-0.05, 0) is 29.8 Å². The normalized spacial score (nSPS) is 10.1. The van der Waals surface area contributed by atoms with Crippen molar-refractivity contribution in [3.8, 4) is 11.5 Å². The SMILES string of the molecule is COc1ccc(CN(C)C(=O)COc2ccccc2)cc1F. The van der Waals surface area contributed by atoms with E-state index in [1.807, 2.05) is 18.2 Å². The quantitative estimate of drug-likeness (QED) is 0.823. The molecule has 0 aliphatic carbocycles. The van der Waals surface area contributed by atoms with Crippen molar-refractivity contribution in [2.24, 2.45) is 0 Å². The predicted octanol–water partition coefficient (Wildman–Crippen LogP) is 2.87. The maximum absolute atomic E-state index is 13.6. The smallest absolute Gasteiger partial charge is 0.260 e. The Hall–Kier alpha value is -2.56. The molecule has 5 heteroatoms. The summed E-state index contributed by atoms with van der Waals surface area (Å²) in [5.74, 6) is 0.200. The van der Waals surface area contributed by atoms with E-state index in [1.165, 1.54) is 18.1 Å². The molecule has 0 heterocycles. The van der Waals surface area contributed by atoms with E-state index in [-0.39, 0.29) is 18.3 Å². The van der Waals surface area contributed by atoms with Crippen LogP contribution in [0.1, 0.15) is 5.56 Å². The lowest BCUT2D eigenvalue weighted by Crippen LogP contribution is -2.31. The first-order valence-electron chi connectivity index (χ1n) is 6.84. The summed E-state index contributed by atoms with van der Waals surface area (Å²) in [6.07, 6.45) is 0. The molecule has 0 aromatic heterocycles. The minimum absolute atomic E-state index is 0.0564. The van der Waals surface area contributed by atoms with Gasteiger partial charge >= 0.3 is 0 Å². The molecule has 0 unspecified atom stereocenters. The van der Waals surface area contributed by atoms with Gasteiger partial charge in [-0.2, -0.15) is 0 Å². The maximum atomic E-state index is 13.6. The van der Waals surface area contributed by atoms with Gasteiger partial charge in [0.1, 0.15) is 5.75 Å². The Morgan fingerprint density at radius 1 is 1.18 bits per heavy atom. The van der Waals surface area contributed by atoms with Gasteiger partial charge in [0.2, 0.25) is 0 Å². The second-order valence-electron chi connectivity index (χ2n) is 4.82. The summed E-state index contributed by atoms with van der Waals surface area (Å²) in [6, 6.07) is 13.7. The highest BCUT2D eigenvalue weighted by atomic mass is 19.1. The van der Waals surface area contributed by atoms with E-state index in [9.17, 15) is 9.18 Å². The standard InChI is InChI=1S/C17H18FNO3/c1-19(11-13-8-9-16(21-2)15(18)10-13)17(20)12-22-14-6-4-3-5-7-14/h3-10H,11-12H2,1-2H3. The largest absolute Gasteiger partial charge is 0.494 e. The molecule has 2 aromatic rings. The Labute approximate surface area is 129 Å². The average molecular weight is 303 g/mol. The van der Waals surface area contributed by atoms with Crippen LogP contribution < -0.4 is 9.47 Å². The maximum Gasteiger partial charge on any atom is 0.260 e. The molecule has 0 fully saturated rings. The van der Waals surface area contributed by atoms with Crippen molar-refractivity contribution in [2.45, 2.75) is 6.54 Å². The topological polar surface area (TPSA) is 38.8 Å². The number of hydrogen-bond acceptors (Lipinski definition) is 3. The van der Waals surface area contributed by atoms with Gasteiger partial charge in [-0.1, -0.05) is 24.3 Å². The summed E-state index contributed by atoms with van der Waals surface area (Å²) in [6.45, 7) is 0.247. The van der Waals surface area contributed by atoms with Crippen molar-refractivity contribution in [3.05, 3.63) is 59.9 Å². The zero-order chi connectivity index (χ0) is 15.9. The van der Waals surface area contributed by atoms with Crippen molar-refractivity contribution < 1.29 is 18.7 Å². The fourth-order valence-electron chi connectivity index (χ4n) is 1.94. The van der Waals surface area contributed by atoms with Crippen molar-refractivity contribution in [1.82, 2.24) is 4.90 Å². The highest BCUT2D eigenvalue weighted by Gasteiger charge is 2.11. The average Bonchev–Trinajstić information content (AvgIpc) is 2.53. The Morgan fingerprint density at radius 3 is 2.55 bits per heavy atom. The van der Waals surface area contributed by atoms with Crippen LogP contribution in [0.25, 0.3) is 0 Å². The first kappa shape index (κ1) is 15.8. The monoisotopic (exact) mass is 303 g/mol. The summed E-state index contributed by atoms with van der Waals surface area (Å²) in [4.78, 5) is 13.5. The first-order valence-corrected chi connectivity index (χ1v) is 6.84. The number of rotatable bonds is 6. The lowest BCUT2D eigenvalue weighted by Gasteiger charge is -2.18. The molecule has 116 valence electrons. The molecule has 0 aliphatic heterocycles. The second kappa shape index (κ2) is 7.45. The zero-order valence-corrected chi connectivity index (χ0v) is 12.6. The number of carbonyl (C=O) groups excluding carboxylic acids is 1. The second-order valence-corrected chi connectivity index (χ2v) is 4.82. The van der Waals surface area contributed by atoms with Crippen LogP contribution in [-0.4, -0.2) is 31.6 Å². The number of likely N-dealkylation sites (N-methyl/N-ethyl adjacent to an activating group) is 1. The molecule has 22 heavy (non-hydrogen) atoms. The summed E-state index contributed by atoms with van der Waals surface area (Å²) < 4.78 is 23.9. The Bertz CT molecular complexity index is 631. The molecule has 0 saturated heterocycles. The van der Waals surface area contributed by atoms with E-state index in [0.29, 0.717) is 17.9 Å². The van der Waals surface area contributed by atoms with E-state index in [4.69, 9.17) is 9.47 Å². The van der Waals surface area contributed by atoms with Gasteiger partial charge in [-0.3, -0.25) is 4.79 Å². The number of para-hydroxylation sites is 1. The lowest BCUT2D eigenvalue weighted by molar-refractivity contribution is -0.132. The highest BCUT2D eigenvalue weighted by Crippen LogP contribution is 2.18. The van der Waals surface area contributed by atoms with Crippen molar-refractivity contribution in [3.63, 3.8) is 0 Å². The number of nitrogens with zero attached hydrogens (tertiary/aromatic N) is 1. The van der Waals surface area contributed by atoms with E-state index in [2.05, 4.69) is 0 Å². The number of halogens is 1. The van der Waals surface area contributed by atoms with Crippen LogP contribution in [0.3, 0.4) is 0 Å². The van der Waals surface area contributed by atoms with E-state index in [0.717, 1.165) is 0 Å². The molecule has 2 aromatic carbocycles. The van der Waals surface area contributed by atoms with Crippen molar-refractivity contribution in [1.29, 1.82) is 0 Å². The number of ether oxygens (including phenoxy) is 2. The molecule has 0 radical (unpaired) electrons. The molecule has 0 atom stereocenters. The molecular formula is C17H18FNO3. The Kier molecular flexibility index (Phi) is 5.36. The third-order valence-electron chi connectivity index (χ3n) is 3.17. The van der Waals surface area contributed by atoms with Crippen LogP contribution in [0, 0.1) is 5.82 Å². The zero-order valence-electron chi connectivity index (χ0n) is 12.6. The molecule has 4 nitrogen and oxygen atoms in total. The molecule has 1 amide bonds. The van der Waals surface area contributed by atoms with Gasteiger partial charge in [-0.25, -0.2) is 4.39 Å². The number of benzene rings is 2. The number of carbonyl (C=O) groups is 1. The van der Waals surface area contributed by atoms with Crippen LogP contribution in [0.15, 0.2) is 48.5 Å². The van der Waals surface area contributed by atoms with Crippen molar-refractivity contribution in [2.75, 3.05) is 20.8 Å². The van der Waals surface area contributed by atoms with Crippen LogP contribution in [0.4, 0.5) is 4.39 Å². The molecular weight excluding hydrogens is 285 g/mol. The van der Waals surface area contributed by atoms with Gasteiger partial charge in [0.15, 0.2) is 18.2 Å². The molecule has 0 bridgehead atoms. The van der Waals surface area contributed by atoms with E-state index < -0.39 is 5.82 Å². The van der Waals surface area contributed by atoms with Crippen LogP contribution >= 0.6 is 0 Å². The summed E-state index contributed by atoms with van der Waals surface area (Å²) in [5, 5.41) is 0. The number of methoxy groups -OCH3 is 1. The third kappa shape index (κ3) is 4.22. The Morgan fingerprint density at radius 2 is 1.91 bits per heavy atom. The molecule has 0 saturated carbocycles. The fourth-order valence-corrected chi connectivity index (χ4v) is 1.94. The summed E-state index contributed by atoms with van der Waals surface area (Å²) in [5.41, 5.74) is 0.689.